The number of nitrogens with two attached hydrogens (primary N) is 1. The lowest BCUT2D eigenvalue weighted by atomic mass is 10.4. The van der Waals surface area contributed by atoms with Crippen LogP contribution in [0, 0.1) is 6.92 Å². The maximum absolute atomic E-state index is 6.14. The molecule has 2 N–H and O–H groups in total. The van der Waals surface area contributed by atoms with Crippen molar-refractivity contribution in [3.05, 3.63) is 34.1 Å². The summed E-state index contributed by atoms with van der Waals surface area (Å²) in [6, 6.07) is 5.50. The molecular formula is C13H16Cl2N4S2. The third kappa shape index (κ3) is 4.79. The van der Waals surface area contributed by atoms with E-state index in [0.29, 0.717) is 11.6 Å². The van der Waals surface area contributed by atoms with E-state index in [9.17, 15) is 0 Å². The molecule has 0 saturated heterocycles. The minimum atomic E-state index is 0.583. The molecule has 0 radical (unpaired) electrons. The maximum atomic E-state index is 6.14. The molecule has 0 aliphatic heterocycles. The van der Waals surface area contributed by atoms with Gasteiger partial charge >= 0.3 is 0 Å². The van der Waals surface area contributed by atoms with Gasteiger partial charge in [0.25, 0.3) is 0 Å². The van der Waals surface area contributed by atoms with Crippen molar-refractivity contribution in [2.45, 2.75) is 23.5 Å². The van der Waals surface area contributed by atoms with Crippen LogP contribution in [0.5, 0.6) is 0 Å². The Morgan fingerprint density at radius 3 is 2.71 bits per heavy atom. The van der Waals surface area contributed by atoms with E-state index < -0.39 is 0 Å². The Morgan fingerprint density at radius 1 is 1.19 bits per heavy atom. The Labute approximate surface area is 142 Å². The lowest BCUT2D eigenvalue weighted by Gasteiger charge is -2.07. The molecule has 0 aliphatic carbocycles. The number of benzene rings is 1. The van der Waals surface area contributed by atoms with Crippen LogP contribution in [-0.4, -0.2) is 32.8 Å². The monoisotopic (exact) mass is 362 g/mol. The molecular weight excluding hydrogens is 347 g/mol. The Balaban J connectivity index is 1.86. The first-order valence-corrected chi connectivity index (χ1v) is 9.15. The molecule has 2 rings (SSSR count). The zero-order valence-electron chi connectivity index (χ0n) is 11.6. The van der Waals surface area contributed by atoms with Gasteiger partial charge in [0.2, 0.25) is 0 Å². The molecule has 0 amide bonds. The molecule has 1 aromatic carbocycles. The number of rotatable bonds is 7. The van der Waals surface area contributed by atoms with E-state index in [1.807, 2.05) is 23.6 Å². The smallest absolute Gasteiger partial charge is 0.191 e. The molecule has 0 bridgehead atoms. The van der Waals surface area contributed by atoms with Gasteiger partial charge in [0.15, 0.2) is 5.16 Å². The molecule has 21 heavy (non-hydrogen) atoms. The van der Waals surface area contributed by atoms with Crippen molar-refractivity contribution in [2.75, 3.05) is 18.1 Å². The second-order valence-corrected chi connectivity index (χ2v) is 7.28. The first-order chi connectivity index (χ1) is 10.1. The minimum absolute atomic E-state index is 0.583. The minimum Gasteiger partial charge on any atom is -0.329 e. The summed E-state index contributed by atoms with van der Waals surface area (Å²) >= 11 is 15.5. The van der Waals surface area contributed by atoms with Crippen molar-refractivity contribution in [2.24, 2.45) is 5.73 Å². The molecule has 114 valence electrons. The average molecular weight is 363 g/mol. The molecule has 2 aromatic rings. The fraction of sp³-hybridized carbons (Fsp3) is 0.385. The second-order valence-electron chi connectivity index (χ2n) is 4.24. The van der Waals surface area contributed by atoms with Gasteiger partial charge < -0.3 is 10.3 Å². The van der Waals surface area contributed by atoms with Gasteiger partial charge in [-0.15, -0.1) is 22.0 Å². The highest BCUT2D eigenvalue weighted by Gasteiger charge is 2.09. The van der Waals surface area contributed by atoms with Crippen LogP contribution in [0.3, 0.4) is 0 Å². The van der Waals surface area contributed by atoms with E-state index in [2.05, 4.69) is 10.2 Å². The van der Waals surface area contributed by atoms with Crippen LogP contribution in [-0.2, 0) is 6.54 Å². The number of thioether (sulfide) groups is 2. The third-order valence-corrected chi connectivity index (χ3v) is 5.68. The normalized spacial score (nSPS) is 11.0. The Kier molecular flexibility index (Phi) is 6.70. The molecule has 0 fully saturated rings. The number of aryl methyl sites for hydroxylation is 1. The van der Waals surface area contributed by atoms with Crippen molar-refractivity contribution >= 4 is 46.7 Å². The van der Waals surface area contributed by atoms with Gasteiger partial charge in [-0.05, 0) is 25.1 Å². The van der Waals surface area contributed by atoms with Gasteiger partial charge in [-0.25, -0.2) is 0 Å². The fourth-order valence-corrected chi connectivity index (χ4v) is 4.21. The zero-order valence-corrected chi connectivity index (χ0v) is 14.7. The van der Waals surface area contributed by atoms with Gasteiger partial charge in [-0.1, -0.05) is 35.0 Å². The molecule has 0 saturated carbocycles. The number of halogens is 2. The second kappa shape index (κ2) is 8.29. The van der Waals surface area contributed by atoms with E-state index in [1.165, 1.54) is 0 Å². The van der Waals surface area contributed by atoms with Gasteiger partial charge in [0.05, 0.1) is 5.02 Å². The highest BCUT2D eigenvalue weighted by Crippen LogP contribution is 2.30. The Morgan fingerprint density at radius 2 is 1.95 bits per heavy atom. The molecule has 4 nitrogen and oxygen atoms in total. The summed E-state index contributed by atoms with van der Waals surface area (Å²) in [5, 5.41) is 10.6. The summed E-state index contributed by atoms with van der Waals surface area (Å²) in [6.07, 6.45) is 0. The lowest BCUT2D eigenvalue weighted by molar-refractivity contribution is 0.627. The molecule has 0 spiro atoms. The molecule has 0 atom stereocenters. The third-order valence-electron chi connectivity index (χ3n) is 2.72. The van der Waals surface area contributed by atoms with Crippen molar-refractivity contribution in [3.63, 3.8) is 0 Å². The SMILES string of the molecule is Cc1nnc(SCCSc2cc(Cl)ccc2Cl)n1CCN. The predicted octanol–water partition coefficient (Wildman–Crippen LogP) is 3.74. The number of nitrogens with zero attached hydrogens (tertiary/aromatic N) is 3. The van der Waals surface area contributed by atoms with Crippen molar-refractivity contribution < 1.29 is 0 Å². The fourth-order valence-electron chi connectivity index (χ4n) is 1.73. The van der Waals surface area contributed by atoms with Crippen LogP contribution in [0.2, 0.25) is 10.0 Å². The largest absolute Gasteiger partial charge is 0.329 e. The maximum Gasteiger partial charge on any atom is 0.191 e. The van der Waals surface area contributed by atoms with Crippen LogP contribution in [0.25, 0.3) is 0 Å². The zero-order chi connectivity index (χ0) is 15.2. The van der Waals surface area contributed by atoms with Gasteiger partial charge in [-0.2, -0.15) is 0 Å². The number of hydrogen-bond acceptors (Lipinski definition) is 5. The summed E-state index contributed by atoms with van der Waals surface area (Å²) in [5.41, 5.74) is 5.60. The first-order valence-electron chi connectivity index (χ1n) is 6.42. The van der Waals surface area contributed by atoms with E-state index >= 15 is 0 Å². The average Bonchev–Trinajstić information content (AvgIpc) is 2.80. The van der Waals surface area contributed by atoms with Gasteiger partial charge in [0.1, 0.15) is 5.82 Å². The summed E-state index contributed by atoms with van der Waals surface area (Å²) in [6.45, 7) is 3.26. The quantitative estimate of drug-likeness (QED) is 0.600. The van der Waals surface area contributed by atoms with Crippen molar-refractivity contribution in [1.29, 1.82) is 0 Å². The predicted molar refractivity (Wildman–Crippen MR) is 91.7 cm³/mol. The number of hydrogen-bond donors (Lipinski definition) is 1. The van der Waals surface area contributed by atoms with Crippen LogP contribution < -0.4 is 5.73 Å². The molecule has 0 aliphatic rings. The van der Waals surface area contributed by atoms with Crippen LogP contribution in [0.1, 0.15) is 5.82 Å². The summed E-state index contributed by atoms with van der Waals surface area (Å²) < 4.78 is 2.04. The standard InChI is InChI=1S/C13H16Cl2N4S2/c1-9-17-18-13(19(9)5-4-16)21-7-6-20-12-8-10(14)2-3-11(12)15/h2-3,8H,4-7,16H2,1H3. The van der Waals surface area contributed by atoms with Gasteiger partial charge in [-0.3, -0.25) is 0 Å². The molecule has 1 heterocycles. The Hall–Kier alpha value is -0.400. The van der Waals surface area contributed by atoms with Crippen LogP contribution >= 0.6 is 46.7 Å². The van der Waals surface area contributed by atoms with Crippen LogP contribution in [0.15, 0.2) is 28.3 Å². The molecule has 1 aromatic heterocycles. The molecule has 8 heteroatoms. The van der Waals surface area contributed by atoms with Crippen molar-refractivity contribution in [3.8, 4) is 0 Å². The topological polar surface area (TPSA) is 56.7 Å². The van der Waals surface area contributed by atoms with Crippen molar-refractivity contribution in [1.82, 2.24) is 14.8 Å². The lowest BCUT2D eigenvalue weighted by Crippen LogP contribution is -2.12. The summed E-state index contributed by atoms with van der Waals surface area (Å²) in [5.74, 6) is 2.73. The molecule has 0 unspecified atom stereocenters. The first kappa shape index (κ1) is 17.0. The van der Waals surface area contributed by atoms with E-state index in [-0.39, 0.29) is 0 Å². The van der Waals surface area contributed by atoms with E-state index in [4.69, 9.17) is 28.9 Å². The summed E-state index contributed by atoms with van der Waals surface area (Å²) in [7, 11) is 0. The van der Waals surface area contributed by atoms with E-state index in [1.54, 1.807) is 29.6 Å². The summed E-state index contributed by atoms with van der Waals surface area (Å²) in [4.78, 5) is 1.00. The Bertz CT molecular complexity index is 604. The highest BCUT2D eigenvalue weighted by molar-refractivity contribution is 8.02. The number of aromatic nitrogens is 3. The van der Waals surface area contributed by atoms with Crippen LogP contribution in [0.4, 0.5) is 0 Å². The highest BCUT2D eigenvalue weighted by atomic mass is 35.5. The van der Waals surface area contributed by atoms with E-state index in [0.717, 1.165) is 38.9 Å². The van der Waals surface area contributed by atoms with Gasteiger partial charge in [0, 0.05) is 34.5 Å².